The summed E-state index contributed by atoms with van der Waals surface area (Å²) < 4.78 is 5.66. The summed E-state index contributed by atoms with van der Waals surface area (Å²) in [5.74, 6) is -0.0282. The number of aryl methyl sites for hydroxylation is 1. The maximum absolute atomic E-state index is 12.1. The molecule has 1 unspecified atom stereocenters. The van der Waals surface area contributed by atoms with E-state index in [-0.39, 0.29) is 17.9 Å². The normalized spacial score (nSPS) is 11.5. The van der Waals surface area contributed by atoms with Crippen LogP contribution in [0.25, 0.3) is 0 Å². The molecule has 2 amide bonds. The van der Waals surface area contributed by atoms with Crippen LogP contribution in [0.1, 0.15) is 46.5 Å². The molecule has 0 heterocycles. The SMILES string of the molecule is CCC(C)Oc1ccc(C(=O)NNC(=O)c2cccc(C)c2)cc1. The average Bonchev–Trinajstić information content (AvgIpc) is 2.59. The Morgan fingerprint density at radius 2 is 1.62 bits per heavy atom. The second-order valence-corrected chi connectivity index (χ2v) is 5.64. The number of hydrazine groups is 1. The molecule has 2 aromatic carbocycles. The van der Waals surface area contributed by atoms with Gasteiger partial charge in [0.15, 0.2) is 0 Å². The molecular formula is C19H22N2O3. The van der Waals surface area contributed by atoms with Gasteiger partial charge in [-0.15, -0.1) is 0 Å². The van der Waals surface area contributed by atoms with Gasteiger partial charge in [-0.3, -0.25) is 20.4 Å². The summed E-state index contributed by atoms with van der Waals surface area (Å²) in [6.45, 7) is 5.93. The topological polar surface area (TPSA) is 67.4 Å². The van der Waals surface area contributed by atoms with E-state index in [1.54, 1.807) is 42.5 Å². The van der Waals surface area contributed by atoms with Gasteiger partial charge in [0, 0.05) is 11.1 Å². The van der Waals surface area contributed by atoms with Crippen LogP contribution >= 0.6 is 0 Å². The second-order valence-electron chi connectivity index (χ2n) is 5.64. The van der Waals surface area contributed by atoms with Crippen LogP contribution < -0.4 is 15.6 Å². The van der Waals surface area contributed by atoms with Crippen molar-refractivity contribution in [3.63, 3.8) is 0 Å². The van der Waals surface area contributed by atoms with Crippen molar-refractivity contribution in [2.24, 2.45) is 0 Å². The Labute approximate surface area is 142 Å². The number of hydrogen-bond acceptors (Lipinski definition) is 3. The molecule has 0 fully saturated rings. The van der Waals surface area contributed by atoms with Gasteiger partial charge in [0.05, 0.1) is 6.10 Å². The average molecular weight is 326 g/mol. The molecule has 2 N–H and O–H groups in total. The lowest BCUT2D eigenvalue weighted by Gasteiger charge is -2.13. The number of benzene rings is 2. The molecule has 0 aliphatic rings. The highest BCUT2D eigenvalue weighted by molar-refractivity contribution is 5.99. The largest absolute Gasteiger partial charge is 0.491 e. The standard InChI is InChI=1S/C19H22N2O3/c1-4-14(3)24-17-10-8-15(9-11-17)18(22)20-21-19(23)16-7-5-6-13(2)12-16/h5-12,14H,4H2,1-3H3,(H,20,22)(H,21,23). The first-order valence-electron chi connectivity index (χ1n) is 7.93. The predicted molar refractivity (Wildman–Crippen MR) is 92.9 cm³/mol. The lowest BCUT2D eigenvalue weighted by atomic mass is 10.1. The summed E-state index contributed by atoms with van der Waals surface area (Å²) in [4.78, 5) is 24.1. The van der Waals surface area contributed by atoms with E-state index in [1.165, 1.54) is 0 Å². The number of carbonyl (C=O) groups is 2. The van der Waals surface area contributed by atoms with Gasteiger partial charge in [0.2, 0.25) is 0 Å². The maximum Gasteiger partial charge on any atom is 0.269 e. The van der Waals surface area contributed by atoms with Gasteiger partial charge < -0.3 is 4.74 Å². The third kappa shape index (κ3) is 4.84. The van der Waals surface area contributed by atoms with Crippen LogP contribution in [0, 0.1) is 6.92 Å². The van der Waals surface area contributed by atoms with Crippen LogP contribution in [0.4, 0.5) is 0 Å². The molecule has 0 radical (unpaired) electrons. The van der Waals surface area contributed by atoms with Crippen LogP contribution in [0.2, 0.25) is 0 Å². The summed E-state index contributed by atoms with van der Waals surface area (Å²) in [5.41, 5.74) is 6.73. The zero-order valence-corrected chi connectivity index (χ0v) is 14.1. The van der Waals surface area contributed by atoms with Gasteiger partial charge in [0.1, 0.15) is 5.75 Å². The molecule has 5 nitrogen and oxygen atoms in total. The Bertz CT molecular complexity index is 711. The van der Waals surface area contributed by atoms with E-state index in [2.05, 4.69) is 10.9 Å². The number of hydrogen-bond donors (Lipinski definition) is 2. The fourth-order valence-corrected chi connectivity index (χ4v) is 2.04. The molecule has 5 heteroatoms. The number of carbonyl (C=O) groups excluding carboxylic acids is 2. The van der Waals surface area contributed by atoms with E-state index in [0.717, 1.165) is 12.0 Å². The van der Waals surface area contributed by atoms with Crippen molar-refractivity contribution in [2.45, 2.75) is 33.3 Å². The number of nitrogens with one attached hydrogen (secondary N) is 2. The van der Waals surface area contributed by atoms with Crippen LogP contribution in [-0.4, -0.2) is 17.9 Å². The number of rotatable bonds is 5. The zero-order chi connectivity index (χ0) is 17.5. The molecule has 0 saturated carbocycles. The molecule has 0 aromatic heterocycles. The summed E-state index contributed by atoms with van der Waals surface area (Å²) in [7, 11) is 0. The van der Waals surface area contributed by atoms with Crippen LogP contribution in [0.5, 0.6) is 5.75 Å². The molecule has 0 bridgehead atoms. The zero-order valence-electron chi connectivity index (χ0n) is 14.1. The lowest BCUT2D eigenvalue weighted by molar-refractivity contribution is 0.0846. The molecule has 0 aliphatic heterocycles. The maximum atomic E-state index is 12.1. The molecule has 24 heavy (non-hydrogen) atoms. The molecule has 1 atom stereocenters. The summed E-state index contributed by atoms with van der Waals surface area (Å²) in [5, 5.41) is 0. The van der Waals surface area contributed by atoms with Crippen molar-refractivity contribution in [3.8, 4) is 5.75 Å². The summed E-state index contributed by atoms with van der Waals surface area (Å²) in [6, 6.07) is 13.9. The number of ether oxygens (including phenoxy) is 1. The van der Waals surface area contributed by atoms with Crippen molar-refractivity contribution in [3.05, 3.63) is 65.2 Å². The minimum Gasteiger partial charge on any atom is -0.491 e. The molecule has 0 aliphatic carbocycles. The van der Waals surface area contributed by atoms with Crippen molar-refractivity contribution in [1.82, 2.24) is 10.9 Å². The Morgan fingerprint density at radius 1 is 1.00 bits per heavy atom. The van der Waals surface area contributed by atoms with Crippen LogP contribution in [0.3, 0.4) is 0 Å². The molecule has 2 rings (SSSR count). The highest BCUT2D eigenvalue weighted by atomic mass is 16.5. The van der Waals surface area contributed by atoms with Crippen molar-refractivity contribution < 1.29 is 14.3 Å². The van der Waals surface area contributed by atoms with Gasteiger partial charge in [-0.2, -0.15) is 0 Å². The minimum atomic E-state index is -0.383. The van der Waals surface area contributed by atoms with E-state index in [0.29, 0.717) is 16.9 Å². The van der Waals surface area contributed by atoms with Crippen molar-refractivity contribution in [2.75, 3.05) is 0 Å². The Hall–Kier alpha value is -2.82. The Balaban J connectivity index is 1.91. The van der Waals surface area contributed by atoms with Gasteiger partial charge in [-0.05, 0) is 56.7 Å². The van der Waals surface area contributed by atoms with E-state index in [1.807, 2.05) is 26.8 Å². The summed E-state index contributed by atoms with van der Waals surface area (Å²) >= 11 is 0. The fraction of sp³-hybridized carbons (Fsp3) is 0.263. The van der Waals surface area contributed by atoms with E-state index < -0.39 is 0 Å². The molecular weight excluding hydrogens is 304 g/mol. The van der Waals surface area contributed by atoms with Crippen molar-refractivity contribution >= 4 is 11.8 Å². The fourth-order valence-electron chi connectivity index (χ4n) is 2.04. The summed E-state index contributed by atoms with van der Waals surface area (Å²) in [6.07, 6.45) is 1.03. The molecule has 126 valence electrons. The third-order valence-electron chi connectivity index (χ3n) is 3.60. The Kier molecular flexibility index (Phi) is 5.95. The van der Waals surface area contributed by atoms with Crippen LogP contribution in [0.15, 0.2) is 48.5 Å². The highest BCUT2D eigenvalue weighted by Crippen LogP contribution is 2.14. The first kappa shape index (κ1) is 17.5. The first-order chi connectivity index (χ1) is 11.5. The number of amides is 2. The van der Waals surface area contributed by atoms with Gasteiger partial charge in [0.25, 0.3) is 11.8 Å². The smallest absolute Gasteiger partial charge is 0.269 e. The van der Waals surface area contributed by atoms with Crippen LogP contribution in [-0.2, 0) is 0 Å². The van der Waals surface area contributed by atoms with Gasteiger partial charge in [-0.1, -0.05) is 24.6 Å². The van der Waals surface area contributed by atoms with Gasteiger partial charge in [-0.25, -0.2) is 0 Å². The van der Waals surface area contributed by atoms with E-state index >= 15 is 0 Å². The first-order valence-corrected chi connectivity index (χ1v) is 7.93. The van der Waals surface area contributed by atoms with E-state index in [9.17, 15) is 9.59 Å². The van der Waals surface area contributed by atoms with E-state index in [4.69, 9.17) is 4.74 Å². The second kappa shape index (κ2) is 8.15. The van der Waals surface area contributed by atoms with Crippen molar-refractivity contribution in [1.29, 1.82) is 0 Å². The Morgan fingerprint density at radius 3 is 2.21 bits per heavy atom. The predicted octanol–water partition coefficient (Wildman–Crippen LogP) is 3.25. The lowest BCUT2D eigenvalue weighted by Crippen LogP contribution is -2.41. The molecule has 0 spiro atoms. The highest BCUT2D eigenvalue weighted by Gasteiger charge is 2.10. The quantitative estimate of drug-likeness (QED) is 0.829. The third-order valence-corrected chi connectivity index (χ3v) is 3.60. The van der Waals surface area contributed by atoms with Gasteiger partial charge >= 0.3 is 0 Å². The molecule has 0 saturated heterocycles. The minimum absolute atomic E-state index is 0.123. The monoisotopic (exact) mass is 326 g/mol. The molecule has 2 aromatic rings.